The normalized spacial score (nSPS) is 19.6. The number of hydrogen-bond acceptors (Lipinski definition) is 2. The third-order valence-corrected chi connectivity index (χ3v) is 1.96. The summed E-state index contributed by atoms with van der Waals surface area (Å²) in [7, 11) is -3.99. The minimum atomic E-state index is -3.99. The molecule has 7 heavy (non-hydrogen) atoms. The molecule has 4 heteroatoms. The molecule has 44 valence electrons. The minimum Gasteiger partial charge on any atom is -0.778 e. The zero-order valence-electron chi connectivity index (χ0n) is 4.29. The van der Waals surface area contributed by atoms with E-state index in [1.54, 1.807) is 0 Å². The van der Waals surface area contributed by atoms with Crippen molar-refractivity contribution in [2.45, 2.75) is 19.5 Å². The quantitative estimate of drug-likeness (QED) is 0.497. The van der Waals surface area contributed by atoms with Gasteiger partial charge in [0.2, 0.25) is 0 Å². The molecule has 0 amide bonds. The lowest BCUT2D eigenvalue weighted by molar-refractivity contribution is -0.195. The lowest BCUT2D eigenvalue weighted by Gasteiger charge is -2.18. The second-order valence-corrected chi connectivity index (χ2v) is 3.82. The first-order valence-electron chi connectivity index (χ1n) is 1.98. The van der Waals surface area contributed by atoms with Gasteiger partial charge in [0, 0.05) is 5.66 Å². The highest BCUT2D eigenvalue weighted by molar-refractivity contribution is 7.51. The lowest BCUT2D eigenvalue weighted by Crippen LogP contribution is -2.08. The van der Waals surface area contributed by atoms with E-state index in [0.717, 1.165) is 0 Å². The Hall–Kier alpha value is 0.150. The third kappa shape index (κ3) is 2.80. The Balaban J connectivity index is 3.80. The van der Waals surface area contributed by atoms with Crippen molar-refractivity contribution in [3.05, 3.63) is 0 Å². The molecule has 0 aliphatic heterocycles. The first kappa shape index (κ1) is 7.15. The molecule has 0 rings (SSSR count). The van der Waals surface area contributed by atoms with Crippen LogP contribution in [0.5, 0.6) is 0 Å². The molecule has 1 unspecified atom stereocenters. The van der Waals surface area contributed by atoms with E-state index in [2.05, 4.69) is 0 Å². The van der Waals surface area contributed by atoms with Gasteiger partial charge in [-0.2, -0.15) is 0 Å². The summed E-state index contributed by atoms with van der Waals surface area (Å²) in [4.78, 5) is 18.0. The first-order valence-corrected chi connectivity index (χ1v) is 3.62. The van der Waals surface area contributed by atoms with Crippen LogP contribution in [-0.2, 0) is 4.57 Å². The van der Waals surface area contributed by atoms with Gasteiger partial charge in [0.15, 0.2) is 0 Å². The van der Waals surface area contributed by atoms with Crippen LogP contribution in [0.4, 0.5) is 0 Å². The highest BCUT2D eigenvalue weighted by Crippen LogP contribution is 2.34. The van der Waals surface area contributed by atoms with Gasteiger partial charge < -0.3 is 14.4 Å². The molecule has 0 heterocycles. The van der Waals surface area contributed by atoms with Crippen LogP contribution in [0, 0.1) is 0 Å². The molecule has 0 fully saturated rings. The molecule has 0 bridgehead atoms. The van der Waals surface area contributed by atoms with Crippen molar-refractivity contribution in [2.75, 3.05) is 0 Å². The van der Waals surface area contributed by atoms with E-state index in [9.17, 15) is 9.46 Å². The molecule has 0 saturated carbocycles. The Kier molecular flexibility index (Phi) is 1.99. The van der Waals surface area contributed by atoms with Crippen molar-refractivity contribution < 1.29 is 14.4 Å². The summed E-state index contributed by atoms with van der Waals surface area (Å²) >= 11 is 0. The molecule has 0 aromatic heterocycles. The topological polar surface area (TPSA) is 60.4 Å². The Morgan fingerprint density at radius 1 is 1.71 bits per heavy atom. The van der Waals surface area contributed by atoms with Gasteiger partial charge in [0.25, 0.3) is 0 Å². The van der Waals surface area contributed by atoms with Crippen LogP contribution in [0.3, 0.4) is 0 Å². The molecule has 1 atom stereocenters. The zero-order chi connectivity index (χ0) is 6.08. The zero-order valence-corrected chi connectivity index (χ0v) is 5.18. The minimum absolute atomic E-state index is 0.646. The van der Waals surface area contributed by atoms with Gasteiger partial charge >= 0.3 is 0 Å². The van der Waals surface area contributed by atoms with Crippen molar-refractivity contribution in [3.8, 4) is 0 Å². The maximum absolute atomic E-state index is 9.91. The van der Waals surface area contributed by atoms with E-state index >= 15 is 0 Å². The Bertz CT molecular complexity index is 92.4. The molecule has 1 N–H and O–H groups in total. The predicted octanol–water partition coefficient (Wildman–Crippen LogP) is -0.0595. The Labute approximate surface area is 42.5 Å². The monoisotopic (exact) mass is 123 g/mol. The van der Waals surface area contributed by atoms with E-state index in [4.69, 9.17) is 4.89 Å². The van der Waals surface area contributed by atoms with Crippen LogP contribution in [-0.4, -0.2) is 10.6 Å². The van der Waals surface area contributed by atoms with E-state index in [1.165, 1.54) is 13.8 Å². The van der Waals surface area contributed by atoms with Crippen molar-refractivity contribution in [3.63, 3.8) is 0 Å². The third-order valence-electron chi connectivity index (χ3n) is 0.653. The SMILES string of the molecule is CC(C)P(=O)([O-])O. The highest BCUT2D eigenvalue weighted by Gasteiger charge is 2.05. The standard InChI is InChI=1S/C3H9O3P/c1-3(2)7(4,5)6/h3H,1-2H3,(H2,4,5,6)/p-1. The average Bonchev–Trinajstić information content (AvgIpc) is 1.31. The Morgan fingerprint density at radius 3 is 1.86 bits per heavy atom. The van der Waals surface area contributed by atoms with Gasteiger partial charge in [0.1, 0.15) is 7.60 Å². The van der Waals surface area contributed by atoms with Crippen LogP contribution in [0.1, 0.15) is 13.8 Å². The fraction of sp³-hybridized carbons (Fsp3) is 1.00. The lowest BCUT2D eigenvalue weighted by atomic mass is 10.6. The molecule has 0 aromatic rings. The van der Waals surface area contributed by atoms with Gasteiger partial charge in [-0.15, -0.1) is 0 Å². The van der Waals surface area contributed by atoms with Crippen LogP contribution >= 0.6 is 7.60 Å². The summed E-state index contributed by atoms with van der Waals surface area (Å²) in [5, 5.41) is 0. The number of rotatable bonds is 1. The van der Waals surface area contributed by atoms with E-state index in [0.29, 0.717) is 0 Å². The van der Waals surface area contributed by atoms with E-state index < -0.39 is 13.3 Å². The molecule has 0 aliphatic rings. The fourth-order valence-corrected chi connectivity index (χ4v) is 0. The molecule has 0 spiro atoms. The van der Waals surface area contributed by atoms with Gasteiger partial charge in [-0.25, -0.2) is 0 Å². The van der Waals surface area contributed by atoms with Crippen molar-refractivity contribution in [2.24, 2.45) is 0 Å². The summed E-state index contributed by atoms with van der Waals surface area (Å²) in [6, 6.07) is 0. The van der Waals surface area contributed by atoms with Crippen molar-refractivity contribution in [1.82, 2.24) is 0 Å². The molecule has 0 aromatic carbocycles. The molecule has 0 radical (unpaired) electrons. The van der Waals surface area contributed by atoms with Gasteiger partial charge in [0.05, 0.1) is 0 Å². The molecule has 3 nitrogen and oxygen atoms in total. The molecule has 0 aliphatic carbocycles. The predicted molar refractivity (Wildman–Crippen MR) is 25.0 cm³/mol. The first-order chi connectivity index (χ1) is 2.94. The summed E-state index contributed by atoms with van der Waals surface area (Å²) in [5.41, 5.74) is -0.646. The smallest absolute Gasteiger partial charge is 0.134 e. The molecular formula is C3H8O3P-. The van der Waals surface area contributed by atoms with Crippen molar-refractivity contribution >= 4 is 7.60 Å². The number of hydrogen-bond donors (Lipinski definition) is 1. The highest BCUT2D eigenvalue weighted by atomic mass is 31.2. The van der Waals surface area contributed by atoms with E-state index in [-0.39, 0.29) is 0 Å². The van der Waals surface area contributed by atoms with Gasteiger partial charge in [-0.3, -0.25) is 0 Å². The Morgan fingerprint density at radius 2 is 1.86 bits per heavy atom. The van der Waals surface area contributed by atoms with Gasteiger partial charge in [-0.1, -0.05) is 13.8 Å². The molecule has 0 saturated heterocycles. The maximum Gasteiger partial charge on any atom is 0.134 e. The van der Waals surface area contributed by atoms with Crippen LogP contribution in [0.25, 0.3) is 0 Å². The molecular weight excluding hydrogens is 115 g/mol. The average molecular weight is 123 g/mol. The largest absolute Gasteiger partial charge is 0.778 e. The second kappa shape index (κ2) is 1.95. The van der Waals surface area contributed by atoms with Crippen molar-refractivity contribution in [1.29, 1.82) is 0 Å². The summed E-state index contributed by atoms with van der Waals surface area (Å²) in [5.74, 6) is 0. The second-order valence-electron chi connectivity index (χ2n) is 1.66. The van der Waals surface area contributed by atoms with Crippen LogP contribution in [0.15, 0.2) is 0 Å². The van der Waals surface area contributed by atoms with E-state index in [1.807, 2.05) is 0 Å². The summed E-state index contributed by atoms with van der Waals surface area (Å²) in [6.07, 6.45) is 0. The van der Waals surface area contributed by atoms with Gasteiger partial charge in [-0.05, 0) is 0 Å². The van der Waals surface area contributed by atoms with Crippen LogP contribution in [0.2, 0.25) is 0 Å². The fourth-order valence-electron chi connectivity index (χ4n) is 0. The summed E-state index contributed by atoms with van der Waals surface area (Å²) < 4.78 is 9.91. The van der Waals surface area contributed by atoms with Crippen LogP contribution < -0.4 is 4.89 Å². The summed E-state index contributed by atoms with van der Waals surface area (Å²) in [6.45, 7) is 2.85. The maximum atomic E-state index is 9.91.